The van der Waals surface area contributed by atoms with E-state index in [-0.39, 0.29) is 18.6 Å². The van der Waals surface area contributed by atoms with Gasteiger partial charge in [0.25, 0.3) is 0 Å². The van der Waals surface area contributed by atoms with Gasteiger partial charge in [0.1, 0.15) is 0 Å². The molecule has 5 nitrogen and oxygen atoms in total. The van der Waals surface area contributed by atoms with Crippen molar-refractivity contribution in [1.29, 1.82) is 0 Å². The largest absolute Gasteiger partial charge is 0.490 e. The molecule has 1 aromatic carbocycles. The molecule has 0 saturated carbocycles. The Morgan fingerprint density at radius 2 is 1.70 bits per heavy atom. The lowest BCUT2D eigenvalue weighted by molar-refractivity contribution is -0.137. The van der Waals surface area contributed by atoms with Gasteiger partial charge in [0, 0.05) is 18.4 Å². The quantitative estimate of drug-likeness (QED) is 0.704. The molecule has 0 aromatic heterocycles. The van der Waals surface area contributed by atoms with Crippen molar-refractivity contribution in [2.45, 2.75) is 33.1 Å². The lowest BCUT2D eigenvalue weighted by atomic mass is 10.0. The number of carboxylic acids is 1. The third-order valence-corrected chi connectivity index (χ3v) is 2.66. The number of hydrogen-bond acceptors (Lipinski definition) is 4. The molecular formula is C15H20O5. The fourth-order valence-electron chi connectivity index (χ4n) is 1.77. The molecule has 0 spiro atoms. The number of Topliss-reactive ketones (excluding diaryl/α,β-unsaturated/α-hetero) is 1. The summed E-state index contributed by atoms with van der Waals surface area (Å²) in [6.45, 7) is 4.74. The molecule has 0 fully saturated rings. The highest BCUT2D eigenvalue weighted by molar-refractivity contribution is 5.96. The summed E-state index contributed by atoms with van der Waals surface area (Å²) in [6, 6.07) is 5.03. The van der Waals surface area contributed by atoms with Crippen LogP contribution in [0.3, 0.4) is 0 Å². The number of hydrogen-bond donors (Lipinski definition) is 1. The second-order valence-electron chi connectivity index (χ2n) is 4.20. The lowest BCUT2D eigenvalue weighted by Gasteiger charge is -2.12. The first-order valence-electron chi connectivity index (χ1n) is 6.73. The Morgan fingerprint density at radius 1 is 1.05 bits per heavy atom. The summed E-state index contributed by atoms with van der Waals surface area (Å²) in [6.07, 6.45) is 0.554. The van der Waals surface area contributed by atoms with Crippen molar-refractivity contribution in [3.05, 3.63) is 23.8 Å². The predicted molar refractivity (Wildman–Crippen MR) is 74.6 cm³/mol. The minimum Gasteiger partial charge on any atom is -0.490 e. The van der Waals surface area contributed by atoms with E-state index in [0.29, 0.717) is 36.7 Å². The first kappa shape index (κ1) is 16.0. The Kier molecular flexibility index (Phi) is 6.56. The van der Waals surface area contributed by atoms with Gasteiger partial charge in [-0.05, 0) is 38.5 Å². The summed E-state index contributed by atoms with van der Waals surface area (Å²) in [4.78, 5) is 22.4. The predicted octanol–water partition coefficient (Wildman–Crippen LogP) is 2.92. The van der Waals surface area contributed by atoms with E-state index in [2.05, 4.69) is 0 Å². The zero-order chi connectivity index (χ0) is 15.0. The van der Waals surface area contributed by atoms with Crippen LogP contribution in [0.4, 0.5) is 0 Å². The Morgan fingerprint density at radius 3 is 2.30 bits per heavy atom. The summed E-state index contributed by atoms with van der Waals surface area (Å²) >= 11 is 0. The van der Waals surface area contributed by atoms with E-state index in [4.69, 9.17) is 14.6 Å². The van der Waals surface area contributed by atoms with Crippen molar-refractivity contribution in [2.75, 3.05) is 13.2 Å². The number of ether oxygens (including phenoxy) is 2. The van der Waals surface area contributed by atoms with Crippen molar-refractivity contribution in [1.82, 2.24) is 0 Å². The van der Waals surface area contributed by atoms with Crippen molar-refractivity contribution in [2.24, 2.45) is 0 Å². The number of benzene rings is 1. The van der Waals surface area contributed by atoms with Gasteiger partial charge < -0.3 is 14.6 Å². The van der Waals surface area contributed by atoms with Crippen LogP contribution in [-0.4, -0.2) is 30.1 Å². The minimum atomic E-state index is -0.889. The van der Waals surface area contributed by atoms with Crippen LogP contribution in [0.1, 0.15) is 43.5 Å². The van der Waals surface area contributed by atoms with Crippen molar-refractivity contribution in [3.8, 4) is 11.5 Å². The van der Waals surface area contributed by atoms with Gasteiger partial charge >= 0.3 is 5.97 Å². The summed E-state index contributed by atoms with van der Waals surface area (Å²) in [5.41, 5.74) is 0.516. The molecular weight excluding hydrogens is 260 g/mol. The van der Waals surface area contributed by atoms with Crippen LogP contribution in [0.15, 0.2) is 18.2 Å². The van der Waals surface area contributed by atoms with Gasteiger partial charge in [0.2, 0.25) is 0 Å². The Hall–Kier alpha value is -2.04. The SMILES string of the molecule is CCOc1ccc(C(=O)CCCC(=O)O)cc1OCC. The molecule has 1 aromatic rings. The van der Waals surface area contributed by atoms with E-state index in [1.165, 1.54) is 0 Å². The zero-order valence-corrected chi connectivity index (χ0v) is 11.8. The van der Waals surface area contributed by atoms with E-state index in [1.54, 1.807) is 18.2 Å². The van der Waals surface area contributed by atoms with E-state index in [1.807, 2.05) is 13.8 Å². The second-order valence-corrected chi connectivity index (χ2v) is 4.20. The molecule has 1 rings (SSSR count). The monoisotopic (exact) mass is 280 g/mol. The molecule has 20 heavy (non-hydrogen) atoms. The highest BCUT2D eigenvalue weighted by Gasteiger charge is 2.12. The van der Waals surface area contributed by atoms with Crippen molar-refractivity contribution >= 4 is 11.8 Å². The highest BCUT2D eigenvalue weighted by atomic mass is 16.5. The number of aliphatic carboxylic acids is 1. The van der Waals surface area contributed by atoms with Gasteiger partial charge in [0.15, 0.2) is 17.3 Å². The maximum Gasteiger partial charge on any atom is 0.303 e. The first-order chi connectivity index (χ1) is 9.58. The fraction of sp³-hybridized carbons (Fsp3) is 0.467. The topological polar surface area (TPSA) is 72.8 Å². The van der Waals surface area contributed by atoms with Gasteiger partial charge in [-0.2, -0.15) is 0 Å². The van der Waals surface area contributed by atoms with Crippen LogP contribution < -0.4 is 9.47 Å². The summed E-state index contributed by atoms with van der Waals surface area (Å²) in [5, 5.41) is 8.56. The average molecular weight is 280 g/mol. The molecule has 0 aliphatic rings. The maximum absolute atomic E-state index is 12.0. The molecule has 0 unspecified atom stereocenters. The molecule has 1 N–H and O–H groups in total. The molecule has 0 aliphatic heterocycles. The molecule has 0 atom stereocenters. The molecule has 5 heteroatoms. The molecule has 0 aliphatic carbocycles. The van der Waals surface area contributed by atoms with Gasteiger partial charge in [0.05, 0.1) is 13.2 Å². The van der Waals surface area contributed by atoms with E-state index < -0.39 is 5.97 Å². The fourth-order valence-corrected chi connectivity index (χ4v) is 1.77. The van der Waals surface area contributed by atoms with Crippen LogP contribution in [0, 0.1) is 0 Å². The normalized spacial score (nSPS) is 10.1. The number of carboxylic acid groups (broad SMARTS) is 1. The number of carbonyl (C=O) groups is 2. The van der Waals surface area contributed by atoms with Crippen LogP contribution in [0.25, 0.3) is 0 Å². The lowest BCUT2D eigenvalue weighted by Crippen LogP contribution is -2.04. The van der Waals surface area contributed by atoms with Crippen molar-refractivity contribution in [3.63, 3.8) is 0 Å². The van der Waals surface area contributed by atoms with Crippen LogP contribution in [0.5, 0.6) is 11.5 Å². The molecule has 0 bridgehead atoms. The van der Waals surface area contributed by atoms with E-state index in [9.17, 15) is 9.59 Å². The third-order valence-electron chi connectivity index (χ3n) is 2.66. The van der Waals surface area contributed by atoms with Gasteiger partial charge in [-0.25, -0.2) is 0 Å². The molecule has 0 radical (unpaired) electrons. The summed E-state index contributed by atoms with van der Waals surface area (Å²) < 4.78 is 10.9. The third kappa shape index (κ3) is 4.91. The molecule has 0 amide bonds. The van der Waals surface area contributed by atoms with Gasteiger partial charge in [-0.15, -0.1) is 0 Å². The van der Waals surface area contributed by atoms with Crippen LogP contribution in [0.2, 0.25) is 0 Å². The van der Waals surface area contributed by atoms with E-state index in [0.717, 1.165) is 0 Å². The van der Waals surface area contributed by atoms with Crippen LogP contribution >= 0.6 is 0 Å². The standard InChI is InChI=1S/C15H20O5/c1-3-19-13-9-8-11(10-14(13)20-4-2)12(16)6-5-7-15(17)18/h8-10H,3-7H2,1-2H3,(H,17,18). The number of rotatable bonds is 9. The van der Waals surface area contributed by atoms with Gasteiger partial charge in [-0.3, -0.25) is 9.59 Å². The number of ketones is 1. The second kappa shape index (κ2) is 8.19. The Labute approximate surface area is 118 Å². The van der Waals surface area contributed by atoms with Crippen molar-refractivity contribution < 1.29 is 24.2 Å². The molecule has 0 heterocycles. The van der Waals surface area contributed by atoms with Gasteiger partial charge in [-0.1, -0.05) is 0 Å². The Balaban J connectivity index is 2.76. The Bertz CT molecular complexity index is 467. The maximum atomic E-state index is 12.0. The first-order valence-corrected chi connectivity index (χ1v) is 6.73. The highest BCUT2D eigenvalue weighted by Crippen LogP contribution is 2.29. The summed E-state index contributed by atoms with van der Waals surface area (Å²) in [7, 11) is 0. The zero-order valence-electron chi connectivity index (χ0n) is 11.8. The number of carbonyl (C=O) groups excluding carboxylic acids is 1. The molecule has 110 valence electrons. The van der Waals surface area contributed by atoms with E-state index >= 15 is 0 Å². The molecule has 0 saturated heterocycles. The average Bonchev–Trinajstić information content (AvgIpc) is 2.40. The minimum absolute atomic E-state index is 0.00108. The smallest absolute Gasteiger partial charge is 0.303 e. The van der Waals surface area contributed by atoms with Crippen LogP contribution in [-0.2, 0) is 4.79 Å². The summed E-state index contributed by atoms with van der Waals surface area (Å²) in [5.74, 6) is 0.171.